The Bertz CT molecular complexity index is 599. The molecule has 1 atom stereocenters. The highest BCUT2D eigenvalue weighted by molar-refractivity contribution is 7.07. The Morgan fingerprint density at radius 2 is 1.77 bits per heavy atom. The average molecular weight is 318 g/mol. The van der Waals surface area contributed by atoms with E-state index in [1.54, 1.807) is 0 Å². The summed E-state index contributed by atoms with van der Waals surface area (Å²) < 4.78 is 0. The topological polar surface area (TPSA) is 78.4 Å². The second-order valence-electron chi connectivity index (χ2n) is 4.87. The summed E-state index contributed by atoms with van der Waals surface area (Å²) in [5, 5.41) is 18.6. The number of aliphatic hydroxyl groups is 1. The molecule has 0 saturated carbocycles. The van der Waals surface area contributed by atoms with Gasteiger partial charge in [-0.3, -0.25) is 9.59 Å². The number of nitrogens with one attached hydrogen (secondary N) is 2. The monoisotopic (exact) mass is 318 g/mol. The van der Waals surface area contributed by atoms with Crippen molar-refractivity contribution in [2.75, 3.05) is 6.54 Å². The summed E-state index contributed by atoms with van der Waals surface area (Å²) in [5.74, 6) is -1.43. The lowest BCUT2D eigenvalue weighted by Gasteiger charge is -2.12. The molecule has 3 N–H and O–H groups in total. The summed E-state index contributed by atoms with van der Waals surface area (Å²) in [4.78, 5) is 23.2. The smallest absolute Gasteiger partial charge is 0.309 e. The van der Waals surface area contributed by atoms with Crippen LogP contribution in [0.3, 0.4) is 0 Å². The zero-order chi connectivity index (χ0) is 15.8. The van der Waals surface area contributed by atoms with Crippen molar-refractivity contribution in [2.24, 2.45) is 0 Å². The summed E-state index contributed by atoms with van der Waals surface area (Å²) in [5.41, 5.74) is 1.93. The Balaban J connectivity index is 1.69. The summed E-state index contributed by atoms with van der Waals surface area (Å²) in [6.45, 7) is 0.363. The van der Waals surface area contributed by atoms with Gasteiger partial charge in [-0.25, -0.2) is 0 Å². The number of thiophene rings is 1. The third-order valence-corrected chi connectivity index (χ3v) is 3.78. The molecule has 0 bridgehead atoms. The molecule has 2 rings (SSSR count). The van der Waals surface area contributed by atoms with Crippen LogP contribution in [0.25, 0.3) is 0 Å². The lowest BCUT2D eigenvalue weighted by Crippen LogP contribution is -2.42. The predicted molar refractivity (Wildman–Crippen MR) is 85.3 cm³/mol. The first kappa shape index (κ1) is 16.2. The number of carbonyl (C=O) groups excluding carboxylic acids is 2. The summed E-state index contributed by atoms with van der Waals surface area (Å²) in [6, 6.07) is 11.4. The maximum Gasteiger partial charge on any atom is 0.309 e. The Morgan fingerprint density at radius 1 is 1.05 bits per heavy atom. The minimum Gasteiger partial charge on any atom is -0.391 e. The van der Waals surface area contributed by atoms with Crippen molar-refractivity contribution >= 4 is 23.2 Å². The molecule has 0 radical (unpaired) electrons. The molecule has 2 amide bonds. The fourth-order valence-electron chi connectivity index (χ4n) is 1.90. The number of hydrogen-bond donors (Lipinski definition) is 3. The number of benzene rings is 1. The standard InChI is InChI=1S/C16H18N2O3S/c19-14(8-12-4-2-1-3-5-12)10-18-16(21)15(20)17-9-13-6-7-22-11-13/h1-7,11,14,19H,8-10H2,(H,17,20)(H,18,21). The van der Waals surface area contributed by atoms with Gasteiger partial charge in [-0.2, -0.15) is 11.3 Å². The first-order chi connectivity index (χ1) is 10.6. The molecule has 0 aliphatic heterocycles. The molecule has 22 heavy (non-hydrogen) atoms. The van der Waals surface area contributed by atoms with Gasteiger partial charge in [0.2, 0.25) is 0 Å². The van der Waals surface area contributed by atoms with E-state index in [0.29, 0.717) is 13.0 Å². The molecule has 116 valence electrons. The summed E-state index contributed by atoms with van der Waals surface area (Å²) >= 11 is 1.53. The largest absolute Gasteiger partial charge is 0.391 e. The van der Waals surface area contributed by atoms with Gasteiger partial charge in [0.1, 0.15) is 0 Å². The van der Waals surface area contributed by atoms with Crippen LogP contribution in [0, 0.1) is 0 Å². The minimum atomic E-state index is -0.734. The van der Waals surface area contributed by atoms with Gasteiger partial charge in [-0.1, -0.05) is 30.3 Å². The second kappa shape index (κ2) is 8.31. The second-order valence-corrected chi connectivity index (χ2v) is 5.65. The molecule has 2 aromatic rings. The number of hydrogen-bond acceptors (Lipinski definition) is 4. The van der Waals surface area contributed by atoms with Crippen molar-refractivity contribution < 1.29 is 14.7 Å². The lowest BCUT2D eigenvalue weighted by molar-refractivity contribution is -0.139. The van der Waals surface area contributed by atoms with E-state index in [2.05, 4.69) is 10.6 Å². The normalized spacial score (nSPS) is 11.7. The van der Waals surface area contributed by atoms with Gasteiger partial charge in [-0.15, -0.1) is 0 Å². The van der Waals surface area contributed by atoms with Gasteiger partial charge in [0.25, 0.3) is 0 Å². The van der Waals surface area contributed by atoms with E-state index in [9.17, 15) is 14.7 Å². The van der Waals surface area contributed by atoms with E-state index >= 15 is 0 Å². The van der Waals surface area contributed by atoms with Crippen LogP contribution in [0.15, 0.2) is 47.2 Å². The lowest BCUT2D eigenvalue weighted by atomic mass is 10.1. The van der Waals surface area contributed by atoms with E-state index in [1.165, 1.54) is 11.3 Å². The third kappa shape index (κ3) is 5.31. The van der Waals surface area contributed by atoms with Crippen molar-refractivity contribution in [1.29, 1.82) is 0 Å². The van der Waals surface area contributed by atoms with Crippen LogP contribution in [0.5, 0.6) is 0 Å². The summed E-state index contributed by atoms with van der Waals surface area (Å²) in [7, 11) is 0. The highest BCUT2D eigenvalue weighted by Gasteiger charge is 2.14. The van der Waals surface area contributed by atoms with E-state index < -0.39 is 17.9 Å². The maximum absolute atomic E-state index is 11.6. The SMILES string of the molecule is O=C(NCc1ccsc1)C(=O)NCC(O)Cc1ccccc1. The minimum absolute atomic E-state index is 0.0413. The van der Waals surface area contributed by atoms with Gasteiger partial charge < -0.3 is 15.7 Å². The molecule has 0 fully saturated rings. The van der Waals surface area contributed by atoms with Crippen LogP contribution in [0.1, 0.15) is 11.1 Å². The molecular formula is C16H18N2O3S. The van der Waals surface area contributed by atoms with Crippen molar-refractivity contribution in [3.8, 4) is 0 Å². The van der Waals surface area contributed by atoms with Crippen LogP contribution in [0.2, 0.25) is 0 Å². The molecule has 1 unspecified atom stereocenters. The van der Waals surface area contributed by atoms with Gasteiger partial charge in [0, 0.05) is 19.5 Å². The number of aliphatic hydroxyl groups excluding tert-OH is 1. The molecule has 1 aromatic heterocycles. The van der Waals surface area contributed by atoms with E-state index in [0.717, 1.165) is 11.1 Å². The van der Waals surface area contributed by atoms with E-state index in [1.807, 2.05) is 47.2 Å². The third-order valence-electron chi connectivity index (χ3n) is 3.05. The van der Waals surface area contributed by atoms with Crippen molar-refractivity contribution in [3.63, 3.8) is 0 Å². The van der Waals surface area contributed by atoms with Gasteiger partial charge in [0.15, 0.2) is 0 Å². The van der Waals surface area contributed by atoms with Crippen molar-refractivity contribution in [2.45, 2.75) is 19.1 Å². The molecular weight excluding hydrogens is 300 g/mol. The fourth-order valence-corrected chi connectivity index (χ4v) is 2.57. The Kier molecular flexibility index (Phi) is 6.12. The highest BCUT2D eigenvalue weighted by Crippen LogP contribution is 2.05. The van der Waals surface area contributed by atoms with Crippen LogP contribution in [-0.4, -0.2) is 29.6 Å². The molecule has 5 nitrogen and oxygen atoms in total. The molecule has 0 aliphatic carbocycles. The number of carbonyl (C=O) groups is 2. The van der Waals surface area contributed by atoms with Crippen molar-refractivity contribution in [3.05, 3.63) is 58.3 Å². The number of amides is 2. The average Bonchev–Trinajstić information content (AvgIpc) is 3.04. The number of rotatable bonds is 6. The molecule has 0 spiro atoms. The Hall–Kier alpha value is -2.18. The van der Waals surface area contributed by atoms with Crippen LogP contribution in [0.4, 0.5) is 0 Å². The first-order valence-electron chi connectivity index (χ1n) is 6.94. The fraction of sp³-hybridized carbons (Fsp3) is 0.250. The zero-order valence-electron chi connectivity index (χ0n) is 12.0. The van der Waals surface area contributed by atoms with Crippen LogP contribution in [-0.2, 0) is 22.6 Å². The van der Waals surface area contributed by atoms with Crippen molar-refractivity contribution in [1.82, 2.24) is 10.6 Å². The molecule has 1 heterocycles. The predicted octanol–water partition coefficient (Wildman–Crippen LogP) is 1.08. The summed E-state index contributed by atoms with van der Waals surface area (Å²) in [6.07, 6.45) is -0.298. The van der Waals surface area contributed by atoms with Gasteiger partial charge in [-0.05, 0) is 28.0 Å². The maximum atomic E-state index is 11.6. The Labute approximate surface area is 133 Å². The molecule has 6 heteroatoms. The molecule has 0 saturated heterocycles. The van der Waals surface area contributed by atoms with Crippen LogP contribution < -0.4 is 10.6 Å². The quantitative estimate of drug-likeness (QED) is 0.698. The first-order valence-corrected chi connectivity index (χ1v) is 7.88. The Morgan fingerprint density at radius 3 is 2.45 bits per heavy atom. The van der Waals surface area contributed by atoms with E-state index in [4.69, 9.17) is 0 Å². The van der Waals surface area contributed by atoms with Gasteiger partial charge >= 0.3 is 11.8 Å². The zero-order valence-corrected chi connectivity index (χ0v) is 12.8. The molecule has 1 aromatic carbocycles. The molecule has 0 aliphatic rings. The van der Waals surface area contributed by atoms with E-state index in [-0.39, 0.29) is 6.54 Å². The van der Waals surface area contributed by atoms with Crippen LogP contribution >= 0.6 is 11.3 Å². The van der Waals surface area contributed by atoms with Gasteiger partial charge in [0.05, 0.1) is 6.10 Å². The highest BCUT2D eigenvalue weighted by atomic mass is 32.1.